The largest absolute Gasteiger partial charge is 0.489 e. The Morgan fingerprint density at radius 1 is 0.771 bits per heavy atom. The molecule has 0 spiro atoms. The second-order valence-corrected chi connectivity index (χ2v) is 12.6. The number of nitrogens with one attached hydrogen (secondary N) is 3. The first-order chi connectivity index (χ1) is 23.4. The second kappa shape index (κ2) is 13.5. The van der Waals surface area contributed by atoms with E-state index in [1.54, 1.807) is 6.20 Å². The standard InChI is InChI=1S/C38H33N5O4S/c39-38(40)48-17-7-16-43-21-31(29-19-27(13-15-33(29)43)47-23-25-10-5-2-6-11-25)35-34(36(44)42-37(35)45)30-20-41-32-14-12-26(18-28(30)32)46-22-24-8-3-1-4-9-24/h1-6,8-15,18-21,41H,7,16-17,22-23H2,(H3,39,40)(H,42,44,45). The Balaban J connectivity index is 1.29. The monoisotopic (exact) mass is 655 g/mol. The molecule has 0 saturated heterocycles. The number of carbonyl (C=O) groups excluding carboxylic acids is 2. The fourth-order valence-corrected chi connectivity index (χ4v) is 6.51. The first-order valence-corrected chi connectivity index (χ1v) is 16.6. The SMILES string of the molecule is N=C(N)SCCCn1cc(C2=C(c3c[nH]c4ccc(OCc5ccccc5)cc34)C(=O)NC2=O)c2cc(OCc3ccccc3)ccc21. The maximum atomic E-state index is 13.6. The van der Waals surface area contributed by atoms with E-state index < -0.39 is 11.8 Å². The van der Waals surface area contributed by atoms with E-state index in [0.29, 0.717) is 59.3 Å². The van der Waals surface area contributed by atoms with E-state index in [2.05, 4.69) is 14.9 Å². The molecule has 48 heavy (non-hydrogen) atoms. The van der Waals surface area contributed by atoms with Crippen LogP contribution in [0.15, 0.2) is 109 Å². The van der Waals surface area contributed by atoms with Gasteiger partial charge in [-0.25, -0.2) is 0 Å². The van der Waals surface area contributed by atoms with E-state index in [1.165, 1.54) is 11.8 Å². The van der Waals surface area contributed by atoms with Crippen molar-refractivity contribution < 1.29 is 19.1 Å². The maximum absolute atomic E-state index is 13.6. The number of hydrogen-bond acceptors (Lipinski definition) is 6. The molecule has 0 fully saturated rings. The van der Waals surface area contributed by atoms with Crippen molar-refractivity contribution in [2.45, 2.75) is 26.2 Å². The predicted octanol–water partition coefficient (Wildman–Crippen LogP) is 6.86. The third kappa shape index (κ3) is 6.43. The summed E-state index contributed by atoms with van der Waals surface area (Å²) in [4.78, 5) is 30.4. The zero-order valence-corrected chi connectivity index (χ0v) is 26.8. The van der Waals surface area contributed by atoms with Gasteiger partial charge in [-0.1, -0.05) is 72.4 Å². The fourth-order valence-electron chi connectivity index (χ4n) is 6.01. The zero-order valence-electron chi connectivity index (χ0n) is 26.0. The summed E-state index contributed by atoms with van der Waals surface area (Å²) >= 11 is 1.29. The lowest BCUT2D eigenvalue weighted by Crippen LogP contribution is -2.22. The number of nitrogens with two attached hydrogens (primary N) is 1. The van der Waals surface area contributed by atoms with Gasteiger partial charge in [0, 0.05) is 57.6 Å². The minimum absolute atomic E-state index is 0.0801. The summed E-state index contributed by atoms with van der Waals surface area (Å²) < 4.78 is 14.4. The molecule has 0 unspecified atom stereocenters. The molecule has 240 valence electrons. The van der Waals surface area contributed by atoms with E-state index in [9.17, 15) is 9.59 Å². The molecule has 0 saturated carbocycles. The molecule has 5 N–H and O–H groups in total. The lowest BCUT2D eigenvalue weighted by atomic mass is 9.95. The Hall–Kier alpha value is -5.74. The molecule has 10 heteroatoms. The number of amidine groups is 1. The Bertz CT molecular complexity index is 2190. The van der Waals surface area contributed by atoms with Crippen molar-refractivity contribution in [3.8, 4) is 11.5 Å². The van der Waals surface area contributed by atoms with Gasteiger partial charge in [0.05, 0.1) is 11.1 Å². The van der Waals surface area contributed by atoms with Crippen molar-refractivity contribution in [1.82, 2.24) is 14.9 Å². The first kappa shape index (κ1) is 30.9. The van der Waals surface area contributed by atoms with Crippen molar-refractivity contribution >= 4 is 61.7 Å². The lowest BCUT2D eigenvalue weighted by Gasteiger charge is -2.09. The third-order valence-corrected chi connectivity index (χ3v) is 9.08. The number of H-pyrrole nitrogens is 1. The van der Waals surface area contributed by atoms with E-state index in [4.69, 9.17) is 20.6 Å². The van der Waals surface area contributed by atoms with Gasteiger partial charge in [-0.3, -0.25) is 20.3 Å². The Morgan fingerprint density at radius 3 is 2.02 bits per heavy atom. The number of benzene rings is 4. The van der Waals surface area contributed by atoms with Crippen LogP contribution in [0.4, 0.5) is 0 Å². The number of nitrogens with zero attached hydrogens (tertiary/aromatic N) is 1. The molecule has 0 radical (unpaired) electrons. The van der Waals surface area contributed by atoms with Crippen molar-refractivity contribution in [2.24, 2.45) is 5.73 Å². The van der Waals surface area contributed by atoms with Gasteiger partial charge in [0.1, 0.15) is 24.7 Å². The van der Waals surface area contributed by atoms with Gasteiger partial charge in [0.15, 0.2) is 5.17 Å². The Morgan fingerprint density at radius 2 is 1.38 bits per heavy atom. The summed E-state index contributed by atoms with van der Waals surface area (Å²) in [5.41, 5.74) is 11.2. The molecule has 0 atom stereocenters. The van der Waals surface area contributed by atoms with Crippen molar-refractivity contribution in [1.29, 1.82) is 5.41 Å². The highest BCUT2D eigenvalue weighted by Gasteiger charge is 2.35. The van der Waals surface area contributed by atoms with E-state index >= 15 is 0 Å². The molecule has 6 aromatic rings. The van der Waals surface area contributed by atoms with E-state index in [-0.39, 0.29) is 5.17 Å². The molecular weight excluding hydrogens is 623 g/mol. The van der Waals surface area contributed by atoms with E-state index in [0.717, 1.165) is 39.4 Å². The molecule has 1 aliphatic heterocycles. The molecule has 2 amide bonds. The predicted molar refractivity (Wildman–Crippen MR) is 191 cm³/mol. The van der Waals surface area contributed by atoms with Gasteiger partial charge in [0.2, 0.25) is 0 Å². The summed E-state index contributed by atoms with van der Waals surface area (Å²) in [5, 5.41) is 11.7. The molecule has 0 bridgehead atoms. The van der Waals surface area contributed by atoms with Gasteiger partial charge in [-0.2, -0.15) is 0 Å². The number of amides is 2. The zero-order chi connectivity index (χ0) is 33.0. The minimum atomic E-state index is -0.457. The minimum Gasteiger partial charge on any atom is -0.489 e. The summed E-state index contributed by atoms with van der Waals surface area (Å²) in [7, 11) is 0. The average molecular weight is 656 g/mol. The van der Waals surface area contributed by atoms with Crippen molar-refractivity contribution in [3.63, 3.8) is 0 Å². The summed E-state index contributed by atoms with van der Waals surface area (Å²) in [6, 6.07) is 31.3. The number of ether oxygens (including phenoxy) is 2. The number of aryl methyl sites for hydroxylation is 1. The number of imide groups is 1. The molecule has 0 aliphatic carbocycles. The quantitative estimate of drug-likeness (QED) is 0.0492. The fraction of sp³-hybridized carbons (Fsp3) is 0.132. The van der Waals surface area contributed by atoms with Crippen molar-refractivity contribution in [3.05, 3.63) is 132 Å². The normalized spacial score (nSPS) is 13.0. The first-order valence-electron chi connectivity index (χ1n) is 15.6. The van der Waals surface area contributed by atoms with Crippen LogP contribution in [0.1, 0.15) is 28.7 Å². The number of hydrogen-bond donors (Lipinski definition) is 4. The van der Waals surface area contributed by atoms with Crippen molar-refractivity contribution in [2.75, 3.05) is 5.75 Å². The van der Waals surface area contributed by atoms with E-state index in [1.807, 2.05) is 103 Å². The second-order valence-electron chi connectivity index (χ2n) is 11.5. The van der Waals surface area contributed by atoms with Crippen LogP contribution in [0.3, 0.4) is 0 Å². The molecule has 9 nitrogen and oxygen atoms in total. The average Bonchev–Trinajstić information content (AvgIpc) is 3.77. The highest BCUT2D eigenvalue weighted by molar-refractivity contribution is 8.13. The number of aromatic nitrogens is 2. The molecular formula is C38H33N5O4S. The highest BCUT2D eigenvalue weighted by Crippen LogP contribution is 2.40. The van der Waals surface area contributed by atoms with Gasteiger partial charge in [-0.05, 0) is 53.9 Å². The molecule has 2 aromatic heterocycles. The van der Waals surface area contributed by atoms with Crippen LogP contribution >= 0.6 is 11.8 Å². The Kier molecular flexibility index (Phi) is 8.72. The van der Waals surface area contributed by atoms with Crippen LogP contribution in [0.25, 0.3) is 33.0 Å². The van der Waals surface area contributed by atoms with Crippen LogP contribution < -0.4 is 20.5 Å². The smallest absolute Gasteiger partial charge is 0.259 e. The van der Waals surface area contributed by atoms with Crippen LogP contribution in [0.5, 0.6) is 11.5 Å². The van der Waals surface area contributed by atoms with Crippen LogP contribution in [-0.4, -0.2) is 32.3 Å². The maximum Gasteiger partial charge on any atom is 0.259 e. The van der Waals surface area contributed by atoms with Crippen LogP contribution in [-0.2, 0) is 29.3 Å². The van der Waals surface area contributed by atoms with Gasteiger partial charge < -0.3 is 24.8 Å². The van der Waals surface area contributed by atoms with Gasteiger partial charge in [-0.15, -0.1) is 0 Å². The van der Waals surface area contributed by atoms with Gasteiger partial charge in [0.25, 0.3) is 11.8 Å². The number of carbonyl (C=O) groups is 2. The lowest BCUT2D eigenvalue weighted by molar-refractivity contribution is -0.122. The Labute approximate surface area is 281 Å². The molecule has 1 aliphatic rings. The topological polar surface area (TPSA) is 135 Å². The summed E-state index contributed by atoms with van der Waals surface area (Å²) in [6.07, 6.45) is 4.46. The number of aromatic amines is 1. The van der Waals surface area contributed by atoms with Crippen LogP contribution in [0.2, 0.25) is 0 Å². The number of thioether (sulfide) groups is 1. The molecule has 4 aromatic carbocycles. The molecule has 3 heterocycles. The number of fused-ring (bicyclic) bond motifs is 2. The highest BCUT2D eigenvalue weighted by atomic mass is 32.2. The summed E-state index contributed by atoms with van der Waals surface area (Å²) in [5.74, 6) is 1.07. The van der Waals surface area contributed by atoms with Crippen LogP contribution in [0, 0.1) is 5.41 Å². The summed E-state index contributed by atoms with van der Waals surface area (Å²) in [6.45, 7) is 1.42. The third-order valence-electron chi connectivity index (χ3n) is 8.27. The molecule has 7 rings (SSSR count). The number of rotatable bonds is 12. The van der Waals surface area contributed by atoms with Gasteiger partial charge >= 0.3 is 0 Å².